The highest BCUT2D eigenvalue weighted by atomic mass is 14.7. The molecule has 0 amide bonds. The second-order valence-electron chi connectivity index (χ2n) is 7.75. The van der Waals surface area contributed by atoms with Crippen LogP contribution in [0.4, 0.5) is 0 Å². The maximum absolute atomic E-state index is 6.68. The van der Waals surface area contributed by atoms with E-state index in [1.54, 1.807) is 0 Å². The molecule has 1 aliphatic carbocycles. The molecule has 1 nitrogen and oxygen atoms in total. The van der Waals surface area contributed by atoms with Crippen molar-refractivity contribution in [2.24, 2.45) is 5.73 Å². The molecule has 0 unspecified atom stereocenters. The molecular weight excluding hydrogens is 242 g/mol. The van der Waals surface area contributed by atoms with Crippen molar-refractivity contribution >= 4 is 0 Å². The molecule has 1 heteroatoms. The van der Waals surface area contributed by atoms with Gasteiger partial charge in [-0.1, -0.05) is 77.1 Å². The van der Waals surface area contributed by atoms with Gasteiger partial charge in [-0.15, -0.1) is 0 Å². The Morgan fingerprint density at radius 3 is 1.90 bits per heavy atom. The molecule has 1 fully saturated rings. The Morgan fingerprint density at radius 2 is 1.40 bits per heavy atom. The van der Waals surface area contributed by atoms with Crippen LogP contribution in [-0.4, -0.2) is 5.54 Å². The molecule has 0 spiro atoms. The summed E-state index contributed by atoms with van der Waals surface area (Å²) in [7, 11) is 0. The van der Waals surface area contributed by atoms with Gasteiger partial charge in [0.15, 0.2) is 0 Å². The summed E-state index contributed by atoms with van der Waals surface area (Å²) in [5, 5.41) is 0. The lowest BCUT2D eigenvalue weighted by molar-refractivity contribution is 0.314. The van der Waals surface area contributed by atoms with E-state index in [0.29, 0.717) is 0 Å². The monoisotopic (exact) mass is 273 g/mol. The average molecular weight is 273 g/mol. The van der Waals surface area contributed by atoms with Crippen molar-refractivity contribution in [1.82, 2.24) is 0 Å². The number of benzene rings is 1. The Labute approximate surface area is 125 Å². The third kappa shape index (κ3) is 4.34. The van der Waals surface area contributed by atoms with E-state index in [9.17, 15) is 0 Å². The normalized spacial score (nSPS) is 20.2. The predicted molar refractivity (Wildman–Crippen MR) is 88.1 cm³/mol. The lowest BCUT2D eigenvalue weighted by Crippen LogP contribution is -2.42. The molecule has 1 saturated carbocycles. The Hall–Kier alpha value is -0.820. The first-order valence-corrected chi connectivity index (χ1v) is 8.27. The van der Waals surface area contributed by atoms with Crippen molar-refractivity contribution in [3.8, 4) is 0 Å². The van der Waals surface area contributed by atoms with Gasteiger partial charge >= 0.3 is 0 Å². The zero-order chi connectivity index (χ0) is 14.6. The van der Waals surface area contributed by atoms with Gasteiger partial charge in [0.25, 0.3) is 0 Å². The summed E-state index contributed by atoms with van der Waals surface area (Å²) in [6.45, 7) is 6.80. The van der Waals surface area contributed by atoms with Gasteiger partial charge in [-0.3, -0.25) is 0 Å². The van der Waals surface area contributed by atoms with Gasteiger partial charge in [-0.2, -0.15) is 0 Å². The molecule has 0 atom stereocenters. The van der Waals surface area contributed by atoms with Gasteiger partial charge in [0.2, 0.25) is 0 Å². The third-order valence-electron chi connectivity index (χ3n) is 4.73. The lowest BCUT2D eigenvalue weighted by atomic mass is 9.79. The Balaban J connectivity index is 2.04. The maximum atomic E-state index is 6.68. The largest absolute Gasteiger partial charge is 0.325 e. The highest BCUT2D eigenvalue weighted by Crippen LogP contribution is 2.28. The molecule has 0 saturated heterocycles. The fourth-order valence-electron chi connectivity index (χ4n) is 3.32. The van der Waals surface area contributed by atoms with Gasteiger partial charge < -0.3 is 5.73 Å². The zero-order valence-electron chi connectivity index (χ0n) is 13.5. The van der Waals surface area contributed by atoms with E-state index in [1.165, 1.54) is 56.1 Å². The molecule has 0 aromatic heterocycles. The molecule has 1 aliphatic rings. The minimum Gasteiger partial charge on any atom is -0.325 e. The fraction of sp³-hybridized carbons (Fsp3) is 0.684. The van der Waals surface area contributed by atoms with Gasteiger partial charge in [-0.05, 0) is 35.8 Å². The smallest absolute Gasteiger partial charge is 0.0195 e. The number of nitrogens with two attached hydrogens (primary N) is 1. The standard InChI is InChI=1S/C19H31N/c1-18(2,3)17-11-9-16(10-12-17)15-19(20)13-7-5-4-6-8-14-19/h9-12H,4-8,13-15,20H2,1-3H3. The van der Waals surface area contributed by atoms with Crippen LogP contribution in [0.15, 0.2) is 24.3 Å². The minimum absolute atomic E-state index is 0.0314. The van der Waals surface area contributed by atoms with E-state index < -0.39 is 0 Å². The van der Waals surface area contributed by atoms with Crippen molar-refractivity contribution in [3.63, 3.8) is 0 Å². The fourth-order valence-corrected chi connectivity index (χ4v) is 3.32. The van der Waals surface area contributed by atoms with Crippen LogP contribution in [0.5, 0.6) is 0 Å². The van der Waals surface area contributed by atoms with Crippen LogP contribution in [0, 0.1) is 0 Å². The molecule has 2 N–H and O–H groups in total. The third-order valence-corrected chi connectivity index (χ3v) is 4.73. The molecule has 2 rings (SSSR count). The Kier molecular flexibility index (Phi) is 4.90. The average Bonchev–Trinajstić information content (AvgIpc) is 2.34. The van der Waals surface area contributed by atoms with Crippen LogP contribution >= 0.6 is 0 Å². The summed E-state index contributed by atoms with van der Waals surface area (Å²) in [5.74, 6) is 0. The summed E-state index contributed by atoms with van der Waals surface area (Å²) < 4.78 is 0. The van der Waals surface area contributed by atoms with Crippen LogP contribution in [0.2, 0.25) is 0 Å². The summed E-state index contributed by atoms with van der Waals surface area (Å²) >= 11 is 0. The molecule has 112 valence electrons. The quantitative estimate of drug-likeness (QED) is 0.809. The summed E-state index contributed by atoms with van der Waals surface area (Å²) in [6.07, 6.45) is 10.1. The molecule has 1 aromatic carbocycles. The van der Waals surface area contributed by atoms with Gasteiger partial charge in [0, 0.05) is 5.54 Å². The van der Waals surface area contributed by atoms with Crippen LogP contribution < -0.4 is 5.73 Å². The van der Waals surface area contributed by atoms with Crippen LogP contribution in [-0.2, 0) is 11.8 Å². The topological polar surface area (TPSA) is 26.0 Å². The SMILES string of the molecule is CC(C)(C)c1ccc(CC2(N)CCCCCCC2)cc1. The minimum atomic E-state index is 0.0314. The summed E-state index contributed by atoms with van der Waals surface area (Å²) in [4.78, 5) is 0. The van der Waals surface area contributed by atoms with E-state index in [2.05, 4.69) is 45.0 Å². The van der Waals surface area contributed by atoms with Crippen molar-refractivity contribution in [2.45, 2.75) is 83.1 Å². The predicted octanol–water partition coefficient (Wildman–Crippen LogP) is 4.97. The molecule has 0 aliphatic heterocycles. The maximum Gasteiger partial charge on any atom is 0.0195 e. The van der Waals surface area contributed by atoms with Crippen molar-refractivity contribution in [3.05, 3.63) is 35.4 Å². The lowest BCUT2D eigenvalue weighted by Gasteiger charge is -2.32. The van der Waals surface area contributed by atoms with E-state index in [1.807, 2.05) is 0 Å². The van der Waals surface area contributed by atoms with Crippen LogP contribution in [0.1, 0.15) is 76.8 Å². The number of hydrogen-bond acceptors (Lipinski definition) is 1. The highest BCUT2D eigenvalue weighted by molar-refractivity contribution is 5.28. The van der Waals surface area contributed by atoms with Gasteiger partial charge in [0.1, 0.15) is 0 Å². The molecule has 20 heavy (non-hydrogen) atoms. The first-order chi connectivity index (χ1) is 9.39. The summed E-state index contributed by atoms with van der Waals surface area (Å²) in [5.41, 5.74) is 9.76. The van der Waals surface area contributed by atoms with Crippen LogP contribution in [0.25, 0.3) is 0 Å². The van der Waals surface area contributed by atoms with Crippen molar-refractivity contribution in [2.75, 3.05) is 0 Å². The first-order valence-electron chi connectivity index (χ1n) is 8.27. The van der Waals surface area contributed by atoms with Gasteiger partial charge in [0.05, 0.1) is 0 Å². The molecule has 0 heterocycles. The number of hydrogen-bond donors (Lipinski definition) is 1. The van der Waals surface area contributed by atoms with E-state index in [-0.39, 0.29) is 11.0 Å². The Bertz CT molecular complexity index is 402. The second kappa shape index (κ2) is 6.30. The van der Waals surface area contributed by atoms with Crippen molar-refractivity contribution < 1.29 is 0 Å². The van der Waals surface area contributed by atoms with Crippen LogP contribution in [0.3, 0.4) is 0 Å². The first kappa shape index (κ1) is 15.6. The van der Waals surface area contributed by atoms with E-state index in [4.69, 9.17) is 5.73 Å². The molecule has 0 bridgehead atoms. The molecule has 0 radical (unpaired) electrons. The second-order valence-corrected chi connectivity index (χ2v) is 7.75. The Morgan fingerprint density at radius 1 is 0.900 bits per heavy atom. The van der Waals surface area contributed by atoms with E-state index >= 15 is 0 Å². The molecule has 1 aromatic rings. The summed E-state index contributed by atoms with van der Waals surface area (Å²) in [6, 6.07) is 9.13. The zero-order valence-corrected chi connectivity index (χ0v) is 13.5. The highest BCUT2D eigenvalue weighted by Gasteiger charge is 2.25. The van der Waals surface area contributed by atoms with E-state index in [0.717, 1.165) is 6.42 Å². The number of rotatable bonds is 2. The molecular formula is C19H31N. The van der Waals surface area contributed by atoms with Crippen molar-refractivity contribution in [1.29, 1.82) is 0 Å². The van der Waals surface area contributed by atoms with Gasteiger partial charge in [-0.25, -0.2) is 0 Å².